The van der Waals surface area contributed by atoms with Crippen LogP contribution in [0.4, 0.5) is 0 Å². The quantitative estimate of drug-likeness (QED) is 0.646. The van der Waals surface area contributed by atoms with Crippen molar-refractivity contribution in [2.24, 2.45) is 7.05 Å². The molecule has 0 atom stereocenters. The molecule has 0 aliphatic carbocycles. The second kappa shape index (κ2) is 7.36. The van der Waals surface area contributed by atoms with Crippen LogP contribution < -0.4 is 14.2 Å². The van der Waals surface area contributed by atoms with Gasteiger partial charge in [0.25, 0.3) is 0 Å². The molecular weight excluding hydrogens is 366 g/mol. The highest BCUT2D eigenvalue weighted by Gasteiger charge is 2.19. The van der Waals surface area contributed by atoms with E-state index >= 15 is 0 Å². The van der Waals surface area contributed by atoms with Crippen molar-refractivity contribution >= 4 is 26.8 Å². The lowest BCUT2D eigenvalue weighted by Gasteiger charge is -2.13. The van der Waals surface area contributed by atoms with Gasteiger partial charge in [0, 0.05) is 41.7 Å². The Labute approximate surface area is 158 Å². The summed E-state index contributed by atoms with van der Waals surface area (Å²) in [6.07, 6.45) is 3.54. The van der Waals surface area contributed by atoms with E-state index in [9.17, 15) is 8.42 Å². The third-order valence-corrected chi connectivity index (χ3v) is 5.74. The zero-order chi connectivity index (χ0) is 19.6. The Morgan fingerprint density at radius 3 is 2.22 bits per heavy atom. The number of ether oxygens (including phenoxy) is 3. The maximum Gasteiger partial charge on any atom is 0.203 e. The molecule has 0 fully saturated rings. The van der Waals surface area contributed by atoms with E-state index in [1.807, 2.05) is 42.1 Å². The molecule has 0 saturated heterocycles. The SMILES string of the molecule is COc1cc(S(=O)(=O)/C=C/c2cccc3c2ccn3C)cc(OC)c1OC. The molecule has 3 aromatic rings. The minimum absolute atomic E-state index is 0.0634. The van der Waals surface area contributed by atoms with Crippen molar-refractivity contribution in [3.05, 3.63) is 53.6 Å². The van der Waals surface area contributed by atoms with E-state index in [0.717, 1.165) is 16.5 Å². The lowest BCUT2D eigenvalue weighted by molar-refractivity contribution is 0.323. The fourth-order valence-corrected chi connectivity index (χ4v) is 3.96. The molecule has 0 bridgehead atoms. The molecule has 0 aliphatic rings. The maximum absolute atomic E-state index is 12.8. The summed E-state index contributed by atoms with van der Waals surface area (Å²) in [4.78, 5) is 0.0634. The Morgan fingerprint density at radius 1 is 0.963 bits per heavy atom. The first kappa shape index (κ1) is 18.8. The van der Waals surface area contributed by atoms with Crippen LogP contribution in [-0.4, -0.2) is 34.3 Å². The van der Waals surface area contributed by atoms with Gasteiger partial charge in [-0.15, -0.1) is 0 Å². The molecule has 0 aliphatic heterocycles. The number of aromatic nitrogens is 1. The Bertz CT molecular complexity index is 1090. The van der Waals surface area contributed by atoms with Gasteiger partial charge < -0.3 is 18.8 Å². The normalized spacial score (nSPS) is 11.9. The Hall–Kier alpha value is -2.93. The van der Waals surface area contributed by atoms with E-state index in [4.69, 9.17) is 14.2 Å². The molecule has 0 N–H and O–H groups in total. The van der Waals surface area contributed by atoms with Crippen LogP contribution in [0.15, 0.2) is 52.9 Å². The minimum atomic E-state index is -3.71. The fourth-order valence-electron chi connectivity index (χ4n) is 2.93. The number of hydrogen-bond acceptors (Lipinski definition) is 5. The fraction of sp³-hybridized carbons (Fsp3) is 0.200. The standard InChI is InChI=1S/C20H21NO5S/c1-21-10-8-16-14(6-5-7-17(16)21)9-11-27(22,23)15-12-18(24-2)20(26-4)19(13-15)25-3/h5-13H,1-4H3/b11-9+. The highest BCUT2D eigenvalue weighted by Crippen LogP contribution is 2.39. The van der Waals surface area contributed by atoms with Crippen LogP contribution in [0, 0.1) is 0 Å². The molecule has 0 saturated carbocycles. The number of benzene rings is 2. The molecule has 0 amide bonds. The number of methoxy groups -OCH3 is 3. The van der Waals surface area contributed by atoms with Crippen LogP contribution in [0.3, 0.4) is 0 Å². The topological polar surface area (TPSA) is 66.8 Å². The van der Waals surface area contributed by atoms with Crippen LogP contribution in [0.1, 0.15) is 5.56 Å². The number of nitrogens with zero attached hydrogens (tertiary/aromatic N) is 1. The smallest absolute Gasteiger partial charge is 0.203 e. The van der Waals surface area contributed by atoms with E-state index in [2.05, 4.69) is 0 Å². The number of sulfone groups is 1. The van der Waals surface area contributed by atoms with Gasteiger partial charge in [-0.3, -0.25) is 0 Å². The molecule has 0 spiro atoms. The molecule has 1 heterocycles. The molecule has 3 rings (SSSR count). The van der Waals surface area contributed by atoms with Crippen LogP contribution in [-0.2, 0) is 16.9 Å². The second-order valence-corrected chi connectivity index (χ2v) is 7.75. The van der Waals surface area contributed by atoms with Gasteiger partial charge in [0.15, 0.2) is 21.3 Å². The van der Waals surface area contributed by atoms with Crippen molar-refractivity contribution in [3.63, 3.8) is 0 Å². The largest absolute Gasteiger partial charge is 0.493 e. The van der Waals surface area contributed by atoms with Crippen molar-refractivity contribution in [1.29, 1.82) is 0 Å². The van der Waals surface area contributed by atoms with Crippen LogP contribution in [0.25, 0.3) is 17.0 Å². The van der Waals surface area contributed by atoms with Crippen LogP contribution in [0.5, 0.6) is 17.2 Å². The second-order valence-electron chi connectivity index (χ2n) is 5.92. The van der Waals surface area contributed by atoms with E-state index in [1.165, 1.54) is 38.9 Å². The molecule has 0 unspecified atom stereocenters. The van der Waals surface area contributed by atoms with E-state index in [1.54, 1.807) is 6.08 Å². The Kier molecular flexibility index (Phi) is 5.14. The van der Waals surface area contributed by atoms with Crippen molar-refractivity contribution < 1.29 is 22.6 Å². The minimum Gasteiger partial charge on any atom is -0.493 e. The summed E-state index contributed by atoms with van der Waals surface area (Å²) in [5.74, 6) is 0.917. The predicted octanol–water partition coefficient (Wildman–Crippen LogP) is 3.65. The number of aryl methyl sites for hydroxylation is 1. The highest BCUT2D eigenvalue weighted by atomic mass is 32.2. The molecule has 27 heavy (non-hydrogen) atoms. The summed E-state index contributed by atoms with van der Waals surface area (Å²) in [7, 11) is 2.59. The first-order valence-electron chi connectivity index (χ1n) is 8.18. The lowest BCUT2D eigenvalue weighted by Crippen LogP contribution is -2.01. The van der Waals surface area contributed by atoms with Crippen molar-refractivity contribution in [1.82, 2.24) is 4.57 Å². The number of fused-ring (bicyclic) bond motifs is 1. The van der Waals surface area contributed by atoms with Crippen molar-refractivity contribution in [3.8, 4) is 17.2 Å². The zero-order valence-corrected chi connectivity index (χ0v) is 16.4. The van der Waals surface area contributed by atoms with Gasteiger partial charge in [-0.2, -0.15) is 0 Å². The lowest BCUT2D eigenvalue weighted by atomic mass is 10.1. The van der Waals surface area contributed by atoms with Crippen LogP contribution >= 0.6 is 0 Å². The Morgan fingerprint density at radius 2 is 1.63 bits per heavy atom. The predicted molar refractivity (Wildman–Crippen MR) is 105 cm³/mol. The molecular formula is C20H21NO5S. The van der Waals surface area contributed by atoms with E-state index < -0.39 is 9.84 Å². The van der Waals surface area contributed by atoms with Crippen molar-refractivity contribution in [2.45, 2.75) is 4.90 Å². The first-order valence-corrected chi connectivity index (χ1v) is 9.73. The molecule has 142 valence electrons. The van der Waals surface area contributed by atoms with Gasteiger partial charge in [0.05, 0.1) is 26.2 Å². The van der Waals surface area contributed by atoms with Gasteiger partial charge in [-0.05, 0) is 23.8 Å². The third-order valence-electron chi connectivity index (χ3n) is 4.36. The summed E-state index contributed by atoms with van der Waals surface area (Å²) in [6, 6.07) is 10.6. The molecule has 7 heteroatoms. The van der Waals surface area contributed by atoms with Crippen molar-refractivity contribution in [2.75, 3.05) is 21.3 Å². The third kappa shape index (κ3) is 3.50. The summed E-state index contributed by atoms with van der Waals surface area (Å²) in [6.45, 7) is 0. The summed E-state index contributed by atoms with van der Waals surface area (Å²) in [5, 5.41) is 2.17. The van der Waals surface area contributed by atoms with Gasteiger partial charge in [0.2, 0.25) is 5.75 Å². The van der Waals surface area contributed by atoms with E-state index in [0.29, 0.717) is 5.75 Å². The average molecular weight is 387 g/mol. The molecule has 0 radical (unpaired) electrons. The summed E-state index contributed by atoms with van der Waals surface area (Å²) >= 11 is 0. The van der Waals surface area contributed by atoms with Gasteiger partial charge in [0.1, 0.15) is 0 Å². The zero-order valence-electron chi connectivity index (χ0n) is 15.6. The van der Waals surface area contributed by atoms with Gasteiger partial charge in [-0.25, -0.2) is 8.42 Å². The molecule has 1 aromatic heterocycles. The number of rotatable bonds is 6. The Balaban J connectivity index is 2.05. The summed E-state index contributed by atoms with van der Waals surface area (Å²) in [5.41, 5.74) is 1.85. The highest BCUT2D eigenvalue weighted by molar-refractivity contribution is 7.94. The van der Waals surface area contributed by atoms with Gasteiger partial charge in [-0.1, -0.05) is 12.1 Å². The molecule has 2 aromatic carbocycles. The van der Waals surface area contributed by atoms with Crippen LogP contribution in [0.2, 0.25) is 0 Å². The first-order chi connectivity index (χ1) is 12.9. The monoisotopic (exact) mass is 387 g/mol. The number of hydrogen-bond donors (Lipinski definition) is 0. The maximum atomic E-state index is 12.8. The van der Waals surface area contributed by atoms with Gasteiger partial charge >= 0.3 is 0 Å². The molecule has 6 nitrogen and oxygen atoms in total. The van der Waals surface area contributed by atoms with E-state index in [-0.39, 0.29) is 16.4 Å². The average Bonchev–Trinajstić information content (AvgIpc) is 3.06. The summed E-state index contributed by atoms with van der Waals surface area (Å²) < 4.78 is 43.4.